The first kappa shape index (κ1) is 25.6. The number of halogens is 2. The fourth-order valence-corrected chi connectivity index (χ4v) is 4.61. The maximum absolute atomic E-state index is 13.4. The summed E-state index contributed by atoms with van der Waals surface area (Å²) in [5.41, 5.74) is 3.43. The summed E-state index contributed by atoms with van der Waals surface area (Å²) in [4.78, 5) is 17.7. The van der Waals surface area contributed by atoms with Crippen LogP contribution >= 0.6 is 23.2 Å². The van der Waals surface area contributed by atoms with E-state index in [1.165, 1.54) is 6.33 Å². The van der Waals surface area contributed by atoms with Crippen LogP contribution in [0.2, 0.25) is 10.0 Å². The van der Waals surface area contributed by atoms with Gasteiger partial charge in [0.1, 0.15) is 19.0 Å². The second-order valence-electron chi connectivity index (χ2n) is 8.38. The van der Waals surface area contributed by atoms with Gasteiger partial charge in [0, 0.05) is 0 Å². The number of aromatic nitrogens is 3. The predicted molar refractivity (Wildman–Crippen MR) is 146 cm³/mol. The van der Waals surface area contributed by atoms with E-state index < -0.39 is 12.0 Å². The Labute approximate surface area is 229 Å². The Morgan fingerprint density at radius 3 is 2.58 bits per heavy atom. The number of hydrogen-bond acceptors (Lipinski definition) is 7. The molecule has 2 heterocycles. The minimum Gasteiger partial charge on any atom is -0.493 e. The van der Waals surface area contributed by atoms with Crippen LogP contribution in [0.15, 0.2) is 78.6 Å². The largest absolute Gasteiger partial charge is 0.493 e. The van der Waals surface area contributed by atoms with Crippen LogP contribution in [0.4, 0.5) is 5.95 Å². The summed E-state index contributed by atoms with van der Waals surface area (Å²) in [6.45, 7) is 2.27. The number of benzene rings is 3. The Bertz CT molecular complexity index is 1500. The molecule has 194 valence electrons. The lowest BCUT2D eigenvalue weighted by Gasteiger charge is -2.30. The van der Waals surface area contributed by atoms with Crippen molar-refractivity contribution in [2.75, 3.05) is 19.0 Å². The second kappa shape index (κ2) is 11.2. The molecule has 0 saturated carbocycles. The molecule has 0 spiro atoms. The summed E-state index contributed by atoms with van der Waals surface area (Å²) in [5.74, 6) is 1.07. The van der Waals surface area contributed by atoms with Crippen LogP contribution in [0.1, 0.15) is 29.7 Å². The van der Waals surface area contributed by atoms with Crippen molar-refractivity contribution in [3.8, 4) is 11.5 Å². The van der Waals surface area contributed by atoms with Gasteiger partial charge in [0.25, 0.3) is 0 Å². The van der Waals surface area contributed by atoms with Gasteiger partial charge in [-0.1, -0.05) is 65.7 Å². The van der Waals surface area contributed by atoms with Crippen molar-refractivity contribution in [2.24, 2.45) is 0 Å². The number of methoxy groups -OCH3 is 1. The number of nitrogens with zero attached hydrogens (tertiary/aromatic N) is 3. The van der Waals surface area contributed by atoms with Crippen LogP contribution in [0.5, 0.6) is 11.5 Å². The SMILES string of the molecule is CCOC(=O)C1=C(c2ccccc2)Nc2ncnn2[C@@H]1c1ccc(OCc2ccc(Cl)c(Cl)c2)c(OC)c1. The van der Waals surface area contributed by atoms with Gasteiger partial charge in [0.2, 0.25) is 5.95 Å². The van der Waals surface area contributed by atoms with Crippen LogP contribution in [-0.4, -0.2) is 34.5 Å². The van der Waals surface area contributed by atoms with Crippen LogP contribution in [0.25, 0.3) is 5.70 Å². The molecule has 1 N–H and O–H groups in total. The first-order chi connectivity index (χ1) is 18.5. The van der Waals surface area contributed by atoms with E-state index in [-0.39, 0.29) is 13.2 Å². The molecular formula is C28H24Cl2N4O4. The Hall–Kier alpha value is -4.01. The average Bonchev–Trinajstić information content (AvgIpc) is 3.42. The Balaban J connectivity index is 1.56. The summed E-state index contributed by atoms with van der Waals surface area (Å²) < 4.78 is 18.8. The van der Waals surface area contributed by atoms with E-state index in [4.69, 9.17) is 37.4 Å². The number of rotatable bonds is 8. The van der Waals surface area contributed by atoms with Gasteiger partial charge < -0.3 is 19.5 Å². The molecule has 1 atom stereocenters. The Morgan fingerprint density at radius 2 is 1.84 bits per heavy atom. The molecule has 0 unspecified atom stereocenters. The smallest absolute Gasteiger partial charge is 0.338 e. The van der Waals surface area contributed by atoms with E-state index in [1.807, 2.05) is 48.5 Å². The van der Waals surface area contributed by atoms with Crippen molar-refractivity contribution in [2.45, 2.75) is 19.6 Å². The molecule has 0 amide bonds. The van der Waals surface area contributed by atoms with Crippen LogP contribution in [0.3, 0.4) is 0 Å². The first-order valence-corrected chi connectivity index (χ1v) is 12.6. The standard InChI is InChI=1S/C28H24Cl2N4O4/c1-3-37-27(35)24-25(18-7-5-4-6-8-18)33-28-31-16-32-34(28)26(24)19-10-12-22(23(14-19)36-2)38-15-17-9-11-20(29)21(30)13-17/h4-14,16,26H,3,15H2,1-2H3,(H,31,32,33)/t26-/m1/s1. The zero-order valence-corrected chi connectivity index (χ0v) is 22.2. The number of ether oxygens (including phenoxy) is 3. The van der Waals surface area contributed by atoms with Gasteiger partial charge in [-0.3, -0.25) is 0 Å². The number of anilines is 1. The molecule has 0 fully saturated rings. The number of esters is 1. The number of nitrogens with one attached hydrogen (secondary N) is 1. The highest BCUT2D eigenvalue weighted by Gasteiger charge is 2.36. The summed E-state index contributed by atoms with van der Waals surface area (Å²) in [6.07, 6.45) is 1.44. The fraction of sp³-hybridized carbons (Fsp3) is 0.179. The lowest BCUT2D eigenvalue weighted by atomic mass is 9.92. The molecule has 8 nitrogen and oxygen atoms in total. The Morgan fingerprint density at radius 1 is 1.03 bits per heavy atom. The number of hydrogen-bond donors (Lipinski definition) is 1. The molecule has 1 aliphatic rings. The maximum Gasteiger partial charge on any atom is 0.338 e. The van der Waals surface area contributed by atoms with Gasteiger partial charge >= 0.3 is 5.97 Å². The quantitative estimate of drug-likeness (QED) is 0.263. The number of carbonyl (C=O) groups excluding carboxylic acids is 1. The van der Waals surface area contributed by atoms with Crippen LogP contribution < -0.4 is 14.8 Å². The van der Waals surface area contributed by atoms with Gasteiger partial charge in [-0.25, -0.2) is 9.48 Å². The predicted octanol–water partition coefficient (Wildman–Crippen LogP) is 6.16. The lowest BCUT2D eigenvalue weighted by Crippen LogP contribution is -2.30. The maximum atomic E-state index is 13.4. The molecule has 1 aromatic heterocycles. The van der Waals surface area contributed by atoms with E-state index >= 15 is 0 Å². The Kier molecular flexibility index (Phi) is 7.53. The molecule has 1 aliphatic heterocycles. The normalized spacial score (nSPS) is 14.5. The third kappa shape index (κ3) is 5.05. The fourth-order valence-electron chi connectivity index (χ4n) is 4.29. The highest BCUT2D eigenvalue weighted by atomic mass is 35.5. The number of fused-ring (bicyclic) bond motifs is 1. The summed E-state index contributed by atoms with van der Waals surface area (Å²) in [7, 11) is 1.56. The molecule has 3 aromatic carbocycles. The third-order valence-corrected chi connectivity index (χ3v) is 6.78. The average molecular weight is 551 g/mol. The van der Waals surface area contributed by atoms with Gasteiger partial charge in [-0.15, -0.1) is 0 Å². The van der Waals surface area contributed by atoms with Crippen molar-refractivity contribution in [3.63, 3.8) is 0 Å². The molecule has 38 heavy (non-hydrogen) atoms. The lowest BCUT2D eigenvalue weighted by molar-refractivity contribution is -0.138. The summed E-state index contributed by atoms with van der Waals surface area (Å²) >= 11 is 12.2. The summed E-state index contributed by atoms with van der Waals surface area (Å²) in [6, 6.07) is 19.8. The van der Waals surface area contributed by atoms with Gasteiger partial charge in [0.05, 0.1) is 35.0 Å². The van der Waals surface area contributed by atoms with E-state index in [1.54, 1.807) is 36.9 Å². The van der Waals surface area contributed by atoms with E-state index in [0.29, 0.717) is 38.8 Å². The third-order valence-electron chi connectivity index (χ3n) is 6.04. The van der Waals surface area contributed by atoms with Crippen molar-refractivity contribution < 1.29 is 19.0 Å². The van der Waals surface area contributed by atoms with Crippen LogP contribution in [0, 0.1) is 0 Å². The zero-order valence-electron chi connectivity index (χ0n) is 20.7. The zero-order chi connectivity index (χ0) is 26.6. The molecule has 0 radical (unpaired) electrons. The molecule has 0 bridgehead atoms. The van der Waals surface area contributed by atoms with Crippen LogP contribution in [-0.2, 0) is 16.1 Å². The minimum atomic E-state index is -0.624. The van der Waals surface area contributed by atoms with Crippen molar-refractivity contribution in [3.05, 3.63) is 105 Å². The first-order valence-electron chi connectivity index (χ1n) is 11.9. The number of carbonyl (C=O) groups is 1. The van der Waals surface area contributed by atoms with Gasteiger partial charge in [0.15, 0.2) is 11.5 Å². The monoisotopic (exact) mass is 550 g/mol. The molecule has 0 aliphatic carbocycles. The van der Waals surface area contributed by atoms with E-state index in [2.05, 4.69) is 15.4 Å². The minimum absolute atomic E-state index is 0.228. The van der Waals surface area contributed by atoms with E-state index in [9.17, 15) is 4.79 Å². The molecule has 4 aromatic rings. The van der Waals surface area contributed by atoms with Gasteiger partial charge in [-0.05, 0) is 47.9 Å². The van der Waals surface area contributed by atoms with Crippen molar-refractivity contribution >= 4 is 40.8 Å². The topological polar surface area (TPSA) is 87.5 Å². The second-order valence-corrected chi connectivity index (χ2v) is 9.19. The molecule has 5 rings (SSSR count). The van der Waals surface area contributed by atoms with Crippen molar-refractivity contribution in [1.29, 1.82) is 0 Å². The molecule has 0 saturated heterocycles. The van der Waals surface area contributed by atoms with E-state index in [0.717, 1.165) is 16.7 Å². The summed E-state index contributed by atoms with van der Waals surface area (Å²) in [5, 5.41) is 8.61. The molecular weight excluding hydrogens is 527 g/mol. The highest BCUT2D eigenvalue weighted by Crippen LogP contribution is 2.41. The van der Waals surface area contributed by atoms with Gasteiger partial charge in [-0.2, -0.15) is 10.1 Å². The van der Waals surface area contributed by atoms with Crippen molar-refractivity contribution in [1.82, 2.24) is 14.8 Å². The highest BCUT2D eigenvalue weighted by molar-refractivity contribution is 6.42. The molecule has 10 heteroatoms.